The Morgan fingerprint density at radius 3 is 2.50 bits per heavy atom. The fourth-order valence-electron chi connectivity index (χ4n) is 2.64. The van der Waals surface area contributed by atoms with Crippen LogP contribution in [0.2, 0.25) is 0 Å². The third kappa shape index (κ3) is 5.96. The minimum Gasteiger partial charge on any atom is -0.491 e. The first-order valence-electron chi connectivity index (χ1n) is 8.52. The van der Waals surface area contributed by atoms with Crippen molar-refractivity contribution in [2.75, 3.05) is 33.0 Å². The molecule has 2 aromatic rings. The molecule has 2 aromatic carbocycles. The second kappa shape index (κ2) is 10.8. The molecule has 0 aliphatic rings. The molecule has 130 valence electrons. The Hall–Kier alpha value is -1.88. The predicted octanol–water partition coefficient (Wildman–Crippen LogP) is 2.97. The molecule has 2 N–H and O–H groups in total. The lowest BCUT2D eigenvalue weighted by molar-refractivity contribution is 0.109. The van der Waals surface area contributed by atoms with Crippen LogP contribution >= 0.6 is 0 Å². The molecular weight excluding hydrogens is 302 g/mol. The summed E-state index contributed by atoms with van der Waals surface area (Å²) in [6.07, 6.45) is 0.840. The summed E-state index contributed by atoms with van der Waals surface area (Å²) in [6, 6.07) is 18.5. The number of nitrogens with one attached hydrogen (secondary N) is 1. The molecule has 0 aliphatic carbocycles. The molecular formula is C20H27NO3. The van der Waals surface area contributed by atoms with Gasteiger partial charge >= 0.3 is 0 Å². The molecule has 0 saturated carbocycles. The van der Waals surface area contributed by atoms with Gasteiger partial charge in [0.2, 0.25) is 0 Å². The molecule has 0 aromatic heterocycles. The van der Waals surface area contributed by atoms with Crippen LogP contribution in [0.1, 0.15) is 24.1 Å². The Bertz CT molecular complexity index is 574. The molecule has 0 spiro atoms. The third-order valence-corrected chi connectivity index (χ3v) is 3.77. The molecule has 0 bridgehead atoms. The van der Waals surface area contributed by atoms with Crippen molar-refractivity contribution in [3.63, 3.8) is 0 Å². The van der Waals surface area contributed by atoms with Gasteiger partial charge in [0.05, 0.1) is 13.2 Å². The molecule has 0 unspecified atom stereocenters. The zero-order valence-electron chi connectivity index (χ0n) is 14.3. The maximum atomic E-state index is 9.19. The fraction of sp³-hybridized carbons (Fsp3) is 0.400. The monoisotopic (exact) mass is 329 g/mol. The van der Waals surface area contributed by atoms with Crippen molar-refractivity contribution in [1.29, 1.82) is 0 Å². The summed E-state index contributed by atoms with van der Waals surface area (Å²) in [5.74, 6) is 0.864. The summed E-state index contributed by atoms with van der Waals surface area (Å²) < 4.78 is 11.3. The number of benzene rings is 2. The first-order chi connectivity index (χ1) is 11.8. The highest BCUT2D eigenvalue weighted by Crippen LogP contribution is 2.27. The van der Waals surface area contributed by atoms with Crippen LogP contribution in [0.25, 0.3) is 0 Å². The van der Waals surface area contributed by atoms with Gasteiger partial charge in [-0.25, -0.2) is 0 Å². The Morgan fingerprint density at radius 1 is 1.00 bits per heavy atom. The molecule has 4 nitrogen and oxygen atoms in total. The van der Waals surface area contributed by atoms with Crippen LogP contribution in [-0.4, -0.2) is 38.1 Å². The highest BCUT2D eigenvalue weighted by Gasteiger charge is 2.16. The molecule has 4 heteroatoms. The molecule has 0 heterocycles. The topological polar surface area (TPSA) is 50.7 Å². The highest BCUT2D eigenvalue weighted by molar-refractivity contribution is 5.37. The van der Waals surface area contributed by atoms with Crippen molar-refractivity contribution in [1.82, 2.24) is 5.32 Å². The van der Waals surface area contributed by atoms with Gasteiger partial charge in [0.25, 0.3) is 0 Å². The van der Waals surface area contributed by atoms with E-state index in [0.717, 1.165) is 17.7 Å². The normalized spacial score (nSPS) is 12.1. The Labute approximate surface area is 144 Å². The lowest BCUT2D eigenvalue weighted by Crippen LogP contribution is -2.27. The summed E-state index contributed by atoms with van der Waals surface area (Å²) >= 11 is 0. The lowest BCUT2D eigenvalue weighted by atomic mass is 9.98. The smallest absolute Gasteiger partial charge is 0.124 e. The zero-order chi connectivity index (χ0) is 17.0. The quantitative estimate of drug-likeness (QED) is 0.622. The average molecular weight is 329 g/mol. The maximum Gasteiger partial charge on any atom is 0.124 e. The van der Waals surface area contributed by atoms with E-state index < -0.39 is 0 Å². The molecule has 0 radical (unpaired) electrons. The van der Waals surface area contributed by atoms with Crippen LogP contribution in [0, 0.1) is 0 Å². The van der Waals surface area contributed by atoms with Crippen molar-refractivity contribution in [3.05, 3.63) is 65.7 Å². The van der Waals surface area contributed by atoms with E-state index >= 15 is 0 Å². The van der Waals surface area contributed by atoms with Gasteiger partial charge in [-0.05, 0) is 25.0 Å². The van der Waals surface area contributed by atoms with Crippen molar-refractivity contribution >= 4 is 0 Å². The van der Waals surface area contributed by atoms with Gasteiger partial charge in [-0.3, -0.25) is 0 Å². The van der Waals surface area contributed by atoms with Crippen LogP contribution in [0.15, 0.2) is 54.6 Å². The van der Waals surface area contributed by atoms with E-state index in [2.05, 4.69) is 23.5 Å². The van der Waals surface area contributed by atoms with E-state index in [9.17, 15) is 5.11 Å². The first-order valence-corrected chi connectivity index (χ1v) is 8.52. The van der Waals surface area contributed by atoms with Crippen molar-refractivity contribution in [2.45, 2.75) is 19.4 Å². The largest absolute Gasteiger partial charge is 0.491 e. The average Bonchev–Trinajstić information content (AvgIpc) is 2.63. The van der Waals surface area contributed by atoms with Gasteiger partial charge in [-0.15, -0.1) is 0 Å². The standard InChI is InChI=1S/C20H27NO3/c1-2-23-14-15-24-20-11-7-6-10-18(20)19(21-12-13-22)16-17-8-4-3-5-9-17/h3-11,19,21-22H,2,12-16H2,1H3/t19-/m1/s1. The second-order valence-electron chi connectivity index (χ2n) is 5.50. The number of aliphatic hydroxyl groups excluding tert-OH is 1. The Morgan fingerprint density at radius 2 is 1.75 bits per heavy atom. The van der Waals surface area contributed by atoms with Crippen molar-refractivity contribution in [2.24, 2.45) is 0 Å². The molecule has 0 fully saturated rings. The van der Waals surface area contributed by atoms with Gasteiger partial charge < -0.3 is 19.9 Å². The highest BCUT2D eigenvalue weighted by atomic mass is 16.5. The molecule has 0 saturated heterocycles. The van der Waals surface area contributed by atoms with E-state index in [0.29, 0.717) is 26.4 Å². The fourth-order valence-corrected chi connectivity index (χ4v) is 2.64. The van der Waals surface area contributed by atoms with E-state index in [1.165, 1.54) is 5.56 Å². The third-order valence-electron chi connectivity index (χ3n) is 3.77. The zero-order valence-corrected chi connectivity index (χ0v) is 14.3. The summed E-state index contributed by atoms with van der Waals surface area (Å²) in [4.78, 5) is 0. The van der Waals surface area contributed by atoms with Gasteiger partial charge in [-0.2, -0.15) is 0 Å². The van der Waals surface area contributed by atoms with Crippen LogP contribution in [0.4, 0.5) is 0 Å². The number of aliphatic hydroxyl groups is 1. The molecule has 24 heavy (non-hydrogen) atoms. The van der Waals surface area contributed by atoms with E-state index in [-0.39, 0.29) is 12.6 Å². The van der Waals surface area contributed by atoms with Crippen molar-refractivity contribution in [3.8, 4) is 5.75 Å². The van der Waals surface area contributed by atoms with Gasteiger partial charge in [0.15, 0.2) is 0 Å². The minimum atomic E-state index is 0.0860. The van der Waals surface area contributed by atoms with Crippen LogP contribution < -0.4 is 10.1 Å². The number of hydrogen-bond donors (Lipinski definition) is 2. The van der Waals surface area contributed by atoms with E-state index in [1.807, 2.05) is 43.3 Å². The Kier molecular flexibility index (Phi) is 8.32. The number of rotatable bonds is 11. The van der Waals surface area contributed by atoms with Crippen LogP contribution in [0.5, 0.6) is 5.75 Å². The summed E-state index contributed by atoms with van der Waals surface area (Å²) in [5, 5.41) is 12.6. The predicted molar refractivity (Wildman–Crippen MR) is 96.4 cm³/mol. The Balaban J connectivity index is 2.12. The molecule has 0 aliphatic heterocycles. The van der Waals surface area contributed by atoms with Crippen LogP contribution in [-0.2, 0) is 11.2 Å². The molecule has 0 amide bonds. The van der Waals surface area contributed by atoms with Gasteiger partial charge in [-0.1, -0.05) is 48.5 Å². The number of hydrogen-bond acceptors (Lipinski definition) is 4. The summed E-state index contributed by atoms with van der Waals surface area (Å²) in [6.45, 7) is 4.44. The van der Waals surface area contributed by atoms with E-state index in [4.69, 9.17) is 9.47 Å². The van der Waals surface area contributed by atoms with Gasteiger partial charge in [0, 0.05) is 24.8 Å². The SMILES string of the molecule is CCOCCOc1ccccc1[C@@H](Cc1ccccc1)NCCO. The molecule has 2 rings (SSSR count). The first kappa shape index (κ1) is 18.5. The minimum absolute atomic E-state index is 0.0860. The molecule has 1 atom stereocenters. The van der Waals surface area contributed by atoms with Crippen LogP contribution in [0.3, 0.4) is 0 Å². The maximum absolute atomic E-state index is 9.19. The lowest BCUT2D eigenvalue weighted by Gasteiger charge is -2.22. The summed E-state index contributed by atoms with van der Waals surface area (Å²) in [7, 11) is 0. The number of para-hydroxylation sites is 1. The summed E-state index contributed by atoms with van der Waals surface area (Å²) in [5.41, 5.74) is 2.35. The van der Waals surface area contributed by atoms with Gasteiger partial charge in [0.1, 0.15) is 12.4 Å². The second-order valence-corrected chi connectivity index (χ2v) is 5.50. The number of ether oxygens (including phenoxy) is 2. The van der Waals surface area contributed by atoms with Crippen molar-refractivity contribution < 1.29 is 14.6 Å². The van der Waals surface area contributed by atoms with E-state index in [1.54, 1.807) is 0 Å².